The first-order chi connectivity index (χ1) is 13.9. The normalized spacial score (nSPS) is 9.90. The number of nitro groups is 1. The zero-order chi connectivity index (χ0) is 21.0. The number of ether oxygens (including phenoxy) is 1. The Morgan fingerprint density at radius 1 is 1.13 bits per heavy atom. The minimum absolute atomic E-state index is 0. The van der Waals surface area contributed by atoms with Crippen molar-refractivity contribution >= 4 is 34.9 Å². The summed E-state index contributed by atoms with van der Waals surface area (Å²) in [6.45, 7) is 0. The minimum atomic E-state index is -1.33. The summed E-state index contributed by atoms with van der Waals surface area (Å²) in [6, 6.07) is 12.7. The Morgan fingerprint density at radius 2 is 1.87 bits per heavy atom. The first-order valence-electron chi connectivity index (χ1n) is 8.07. The molecule has 1 amide bonds. The van der Waals surface area contributed by atoms with E-state index < -0.39 is 16.8 Å². The number of nitrogens with zero attached hydrogens (tertiary/aromatic N) is 2. The van der Waals surface area contributed by atoms with Crippen LogP contribution in [0.4, 0.5) is 11.4 Å². The quantitative estimate of drug-likeness (QED) is 0.350. The Labute approximate surface area is 188 Å². The maximum absolute atomic E-state index is 12.4. The summed E-state index contributed by atoms with van der Waals surface area (Å²) < 4.78 is 5.38. The number of anilines is 1. The first kappa shape index (κ1) is 22.9. The van der Waals surface area contributed by atoms with Gasteiger partial charge in [-0.25, -0.2) is 9.78 Å². The van der Waals surface area contributed by atoms with Crippen molar-refractivity contribution in [3.8, 4) is 11.6 Å². The number of hydrogen-bond donors (Lipinski definition) is 2. The van der Waals surface area contributed by atoms with Gasteiger partial charge in [0.15, 0.2) is 0 Å². The average molecular weight is 422 g/mol. The molecule has 0 aliphatic heterocycles. The monoisotopic (exact) mass is 421 g/mol. The SMILES string of the molecule is O=C(Nc1ccc(Oc2ncccc2[N+](=O)[O-])cc1C(=O)O)c1ccccc1Cl.[H-].[Li+]. The fourth-order valence-corrected chi connectivity index (χ4v) is 2.64. The number of carbonyl (C=O) groups is 2. The van der Waals surface area contributed by atoms with Crippen molar-refractivity contribution in [2.24, 2.45) is 0 Å². The number of carboxylic acid groups (broad SMARTS) is 1. The fourth-order valence-electron chi connectivity index (χ4n) is 2.42. The van der Waals surface area contributed by atoms with Gasteiger partial charge in [0.05, 0.1) is 26.8 Å². The third-order valence-electron chi connectivity index (χ3n) is 3.75. The standard InChI is InChI=1S/C19H12ClN3O6.Li.H/c20-14-5-2-1-4-12(14)17(24)22-15-8-7-11(10-13(15)19(25)26)29-18-16(23(27)28)6-3-9-21-18;;/h1-10H,(H,22,24)(H,25,26);;/q;+1;-1. The van der Waals surface area contributed by atoms with Crippen LogP contribution in [0.5, 0.6) is 11.6 Å². The van der Waals surface area contributed by atoms with Gasteiger partial charge in [-0.3, -0.25) is 14.9 Å². The van der Waals surface area contributed by atoms with Crippen LogP contribution in [-0.4, -0.2) is 26.9 Å². The van der Waals surface area contributed by atoms with Crippen LogP contribution in [0.1, 0.15) is 22.1 Å². The molecule has 148 valence electrons. The van der Waals surface area contributed by atoms with Crippen molar-refractivity contribution in [1.82, 2.24) is 4.98 Å². The minimum Gasteiger partial charge on any atom is -1.00 e. The summed E-state index contributed by atoms with van der Waals surface area (Å²) in [5.74, 6) is -2.21. The van der Waals surface area contributed by atoms with Crippen molar-refractivity contribution in [2.75, 3.05) is 5.32 Å². The van der Waals surface area contributed by atoms with Gasteiger partial charge >= 0.3 is 30.5 Å². The maximum atomic E-state index is 12.4. The van der Waals surface area contributed by atoms with Crippen molar-refractivity contribution in [1.29, 1.82) is 0 Å². The zero-order valence-electron chi connectivity index (χ0n) is 16.5. The molecule has 3 aromatic rings. The van der Waals surface area contributed by atoms with Gasteiger partial charge in [0.25, 0.3) is 11.8 Å². The molecule has 1 heterocycles. The van der Waals surface area contributed by atoms with E-state index in [4.69, 9.17) is 16.3 Å². The van der Waals surface area contributed by atoms with Gasteiger partial charge in [-0.2, -0.15) is 0 Å². The van der Waals surface area contributed by atoms with E-state index in [1.54, 1.807) is 12.1 Å². The Morgan fingerprint density at radius 3 is 2.53 bits per heavy atom. The summed E-state index contributed by atoms with van der Waals surface area (Å²) in [5, 5.41) is 23.2. The van der Waals surface area contributed by atoms with Gasteiger partial charge in [0.1, 0.15) is 5.75 Å². The smallest absolute Gasteiger partial charge is 1.00 e. The number of aromatic nitrogens is 1. The molecule has 0 atom stereocenters. The number of pyridine rings is 1. The van der Waals surface area contributed by atoms with E-state index in [1.165, 1.54) is 42.6 Å². The predicted molar refractivity (Wildman–Crippen MR) is 105 cm³/mol. The number of carboxylic acids is 1. The molecular formula is C19H13ClLiN3O6. The van der Waals surface area contributed by atoms with Gasteiger partial charge in [-0.1, -0.05) is 23.7 Å². The Kier molecular flexibility index (Phi) is 7.55. The largest absolute Gasteiger partial charge is 1.00 e. The second-order valence-corrected chi connectivity index (χ2v) is 6.04. The summed E-state index contributed by atoms with van der Waals surface area (Å²) in [4.78, 5) is 38.2. The number of hydrogen-bond acceptors (Lipinski definition) is 6. The van der Waals surface area contributed by atoms with Gasteiger partial charge in [0, 0.05) is 12.3 Å². The molecule has 0 aliphatic carbocycles. The van der Waals surface area contributed by atoms with Crippen LogP contribution in [0.25, 0.3) is 0 Å². The molecule has 2 aromatic carbocycles. The Hall–Kier alpha value is -3.38. The third kappa shape index (κ3) is 5.15. The second-order valence-electron chi connectivity index (χ2n) is 5.63. The molecule has 9 nitrogen and oxygen atoms in total. The third-order valence-corrected chi connectivity index (χ3v) is 4.08. The van der Waals surface area contributed by atoms with Gasteiger partial charge in [0.2, 0.25) is 0 Å². The number of rotatable bonds is 6. The zero-order valence-corrected chi connectivity index (χ0v) is 16.3. The van der Waals surface area contributed by atoms with E-state index in [9.17, 15) is 24.8 Å². The number of nitrogens with one attached hydrogen (secondary N) is 1. The van der Waals surface area contributed by atoms with E-state index >= 15 is 0 Å². The van der Waals surface area contributed by atoms with Crippen LogP contribution in [0.2, 0.25) is 5.02 Å². The molecule has 2 N–H and O–H groups in total. The van der Waals surface area contributed by atoms with Crippen LogP contribution in [0.3, 0.4) is 0 Å². The molecule has 0 fully saturated rings. The van der Waals surface area contributed by atoms with Crippen LogP contribution >= 0.6 is 11.6 Å². The Balaban J connectivity index is 0.00000240. The van der Waals surface area contributed by atoms with E-state index in [1.807, 2.05) is 0 Å². The van der Waals surface area contributed by atoms with Crippen molar-refractivity contribution in [2.45, 2.75) is 0 Å². The molecule has 1 aromatic heterocycles. The van der Waals surface area contributed by atoms with Crippen LogP contribution in [0.15, 0.2) is 60.8 Å². The molecule has 0 bridgehead atoms. The molecule has 0 spiro atoms. The molecule has 3 rings (SSSR count). The predicted octanol–water partition coefficient (Wildman–Crippen LogP) is 1.50. The van der Waals surface area contributed by atoms with Gasteiger partial charge in [-0.05, 0) is 36.4 Å². The number of halogens is 1. The number of carbonyl (C=O) groups excluding carboxylic acids is 1. The molecule has 30 heavy (non-hydrogen) atoms. The summed E-state index contributed by atoms with van der Waals surface area (Å²) in [7, 11) is 0. The van der Waals surface area contributed by atoms with Crippen molar-refractivity contribution in [3.63, 3.8) is 0 Å². The maximum Gasteiger partial charge on any atom is 1.00 e. The first-order valence-corrected chi connectivity index (χ1v) is 8.45. The van der Waals surface area contributed by atoms with Crippen molar-refractivity contribution < 1.29 is 44.6 Å². The topological polar surface area (TPSA) is 132 Å². The molecule has 0 aliphatic rings. The van der Waals surface area contributed by atoms with E-state index in [0.717, 1.165) is 6.07 Å². The molecule has 0 saturated heterocycles. The van der Waals surface area contributed by atoms with E-state index in [2.05, 4.69) is 10.3 Å². The molecule has 11 heteroatoms. The second kappa shape index (κ2) is 9.89. The van der Waals surface area contributed by atoms with Crippen LogP contribution < -0.4 is 28.9 Å². The number of aromatic carboxylic acids is 1. The van der Waals surface area contributed by atoms with Crippen LogP contribution in [-0.2, 0) is 0 Å². The molecule has 0 unspecified atom stereocenters. The number of benzene rings is 2. The van der Waals surface area contributed by atoms with Crippen molar-refractivity contribution in [3.05, 3.63) is 87.1 Å². The number of amides is 1. The molecule has 0 saturated carbocycles. The Bertz CT molecular complexity index is 1130. The fraction of sp³-hybridized carbons (Fsp3) is 0. The van der Waals surface area contributed by atoms with E-state index in [0.29, 0.717) is 0 Å². The summed E-state index contributed by atoms with van der Waals surface area (Å²) >= 11 is 5.98. The summed E-state index contributed by atoms with van der Waals surface area (Å²) in [6.07, 6.45) is 1.30. The van der Waals surface area contributed by atoms with Gasteiger partial charge in [-0.15, -0.1) is 0 Å². The van der Waals surface area contributed by atoms with Crippen LogP contribution in [0, 0.1) is 10.1 Å². The molecular weight excluding hydrogens is 409 g/mol. The summed E-state index contributed by atoms with van der Waals surface area (Å²) in [5.41, 5.74) is -0.470. The molecule has 0 radical (unpaired) electrons. The average Bonchev–Trinajstić information content (AvgIpc) is 2.69. The van der Waals surface area contributed by atoms with E-state index in [-0.39, 0.29) is 59.4 Å². The van der Waals surface area contributed by atoms with Gasteiger partial charge < -0.3 is 16.6 Å².